The fourth-order valence-corrected chi connectivity index (χ4v) is 1.11. The molecule has 1 aromatic rings. The number of aryl methyl sites for hydroxylation is 1. The lowest BCUT2D eigenvalue weighted by Gasteiger charge is -2.03. The zero-order valence-electron chi connectivity index (χ0n) is 7.42. The number of aldehydes is 1. The molecule has 0 saturated carbocycles. The third-order valence-electron chi connectivity index (χ3n) is 1.72. The second kappa shape index (κ2) is 4.60. The van der Waals surface area contributed by atoms with E-state index in [0.717, 1.165) is 11.8 Å². The van der Waals surface area contributed by atoms with E-state index >= 15 is 0 Å². The van der Waals surface area contributed by atoms with Crippen LogP contribution in [0.5, 0.6) is 5.75 Å². The van der Waals surface area contributed by atoms with Gasteiger partial charge in [-0.05, 0) is 24.1 Å². The maximum Gasteiger partial charge on any atom is 0.127 e. The Hall–Kier alpha value is -1.38. The highest BCUT2D eigenvalue weighted by Crippen LogP contribution is 2.16. The van der Waals surface area contributed by atoms with Crippen molar-refractivity contribution in [2.75, 3.05) is 7.11 Å². The summed E-state index contributed by atoms with van der Waals surface area (Å²) in [6, 6.07) is 4.45. The summed E-state index contributed by atoms with van der Waals surface area (Å²) >= 11 is 0. The number of ether oxygens (including phenoxy) is 1. The number of methoxy groups -OCH3 is 1. The SMILES string of the molecule is COc1cc(F)cc(CCC=O)c1. The van der Waals surface area contributed by atoms with Gasteiger partial charge < -0.3 is 9.53 Å². The molecular formula is C10H11FO2. The van der Waals surface area contributed by atoms with Crippen molar-refractivity contribution in [1.29, 1.82) is 0 Å². The van der Waals surface area contributed by atoms with E-state index in [0.29, 0.717) is 18.6 Å². The molecule has 13 heavy (non-hydrogen) atoms. The van der Waals surface area contributed by atoms with E-state index in [-0.39, 0.29) is 5.82 Å². The van der Waals surface area contributed by atoms with Crippen molar-refractivity contribution < 1.29 is 13.9 Å². The molecule has 0 N–H and O–H groups in total. The average molecular weight is 182 g/mol. The smallest absolute Gasteiger partial charge is 0.127 e. The first-order chi connectivity index (χ1) is 6.26. The molecule has 1 rings (SSSR count). The Bertz CT molecular complexity index is 297. The van der Waals surface area contributed by atoms with Gasteiger partial charge in [-0.3, -0.25) is 0 Å². The topological polar surface area (TPSA) is 26.3 Å². The van der Waals surface area contributed by atoms with Gasteiger partial charge in [-0.1, -0.05) is 0 Å². The van der Waals surface area contributed by atoms with Crippen molar-refractivity contribution in [2.45, 2.75) is 12.8 Å². The normalized spacial score (nSPS) is 9.69. The number of hydrogen-bond acceptors (Lipinski definition) is 2. The lowest BCUT2D eigenvalue weighted by molar-refractivity contribution is -0.107. The van der Waals surface area contributed by atoms with Crippen LogP contribution in [-0.2, 0) is 11.2 Å². The summed E-state index contributed by atoms with van der Waals surface area (Å²) < 4.78 is 17.8. The Labute approximate surface area is 76.3 Å². The highest BCUT2D eigenvalue weighted by Gasteiger charge is 2.00. The molecule has 2 nitrogen and oxygen atoms in total. The van der Waals surface area contributed by atoms with Crippen molar-refractivity contribution in [2.24, 2.45) is 0 Å². The van der Waals surface area contributed by atoms with Crippen LogP contribution < -0.4 is 4.74 Å². The van der Waals surface area contributed by atoms with E-state index < -0.39 is 0 Å². The minimum Gasteiger partial charge on any atom is -0.497 e. The number of halogens is 1. The second-order valence-corrected chi connectivity index (χ2v) is 2.70. The van der Waals surface area contributed by atoms with Gasteiger partial charge in [-0.2, -0.15) is 0 Å². The summed E-state index contributed by atoms with van der Waals surface area (Å²) in [4.78, 5) is 10.1. The molecule has 70 valence electrons. The summed E-state index contributed by atoms with van der Waals surface area (Å²) in [5.74, 6) is 0.154. The Morgan fingerprint density at radius 1 is 1.46 bits per heavy atom. The molecule has 0 fully saturated rings. The molecule has 0 aliphatic heterocycles. The predicted molar refractivity (Wildman–Crippen MR) is 47.3 cm³/mol. The number of benzene rings is 1. The standard InChI is InChI=1S/C10H11FO2/c1-13-10-6-8(3-2-4-12)5-9(11)7-10/h4-7H,2-3H2,1H3. The van der Waals surface area contributed by atoms with Gasteiger partial charge in [0.1, 0.15) is 17.9 Å². The third-order valence-corrected chi connectivity index (χ3v) is 1.72. The van der Waals surface area contributed by atoms with E-state index in [1.807, 2.05) is 0 Å². The molecule has 0 aliphatic rings. The Morgan fingerprint density at radius 3 is 2.85 bits per heavy atom. The molecule has 0 bridgehead atoms. The van der Waals surface area contributed by atoms with Crippen molar-refractivity contribution in [3.05, 3.63) is 29.6 Å². The maximum atomic E-state index is 12.9. The van der Waals surface area contributed by atoms with E-state index in [2.05, 4.69) is 0 Å². The summed E-state index contributed by atoms with van der Waals surface area (Å²) in [7, 11) is 1.48. The van der Waals surface area contributed by atoms with Gasteiger partial charge in [0.15, 0.2) is 0 Å². The molecule has 0 atom stereocenters. The van der Waals surface area contributed by atoms with Crippen molar-refractivity contribution in [3.63, 3.8) is 0 Å². The number of carbonyl (C=O) groups excluding carboxylic acids is 1. The van der Waals surface area contributed by atoms with Gasteiger partial charge in [0.2, 0.25) is 0 Å². The lowest BCUT2D eigenvalue weighted by atomic mass is 10.1. The minimum absolute atomic E-state index is 0.333. The Kier molecular flexibility index (Phi) is 3.43. The monoisotopic (exact) mass is 182 g/mol. The summed E-state index contributed by atoms with van der Waals surface area (Å²) in [5, 5.41) is 0. The summed E-state index contributed by atoms with van der Waals surface area (Å²) in [5.41, 5.74) is 0.781. The molecule has 1 aromatic carbocycles. The predicted octanol–water partition coefficient (Wildman–Crippen LogP) is 1.97. The van der Waals surface area contributed by atoms with E-state index in [9.17, 15) is 9.18 Å². The molecule has 0 aromatic heterocycles. The van der Waals surface area contributed by atoms with Gasteiger partial charge in [0, 0.05) is 12.5 Å². The van der Waals surface area contributed by atoms with Crippen LogP contribution in [0.4, 0.5) is 4.39 Å². The van der Waals surface area contributed by atoms with Crippen LogP contribution in [0.1, 0.15) is 12.0 Å². The highest BCUT2D eigenvalue weighted by molar-refractivity contribution is 5.50. The Balaban J connectivity index is 2.81. The number of rotatable bonds is 4. The van der Waals surface area contributed by atoms with E-state index in [1.54, 1.807) is 6.07 Å². The van der Waals surface area contributed by atoms with Gasteiger partial charge in [0.05, 0.1) is 7.11 Å². The first kappa shape index (κ1) is 9.71. The molecular weight excluding hydrogens is 171 g/mol. The molecule has 0 unspecified atom stereocenters. The van der Waals surface area contributed by atoms with Gasteiger partial charge in [-0.15, -0.1) is 0 Å². The van der Waals surface area contributed by atoms with Gasteiger partial charge in [-0.25, -0.2) is 4.39 Å². The van der Waals surface area contributed by atoms with E-state index in [4.69, 9.17) is 4.74 Å². The fourth-order valence-electron chi connectivity index (χ4n) is 1.11. The number of carbonyl (C=O) groups is 1. The largest absolute Gasteiger partial charge is 0.497 e. The van der Waals surface area contributed by atoms with Crippen LogP contribution in [0, 0.1) is 5.82 Å². The zero-order valence-corrected chi connectivity index (χ0v) is 7.42. The average Bonchev–Trinajstić information content (AvgIpc) is 2.14. The van der Waals surface area contributed by atoms with Gasteiger partial charge in [0.25, 0.3) is 0 Å². The molecule has 0 saturated heterocycles. The fraction of sp³-hybridized carbons (Fsp3) is 0.300. The van der Waals surface area contributed by atoms with Crippen LogP contribution in [0.25, 0.3) is 0 Å². The van der Waals surface area contributed by atoms with Gasteiger partial charge >= 0.3 is 0 Å². The van der Waals surface area contributed by atoms with Crippen molar-refractivity contribution in [1.82, 2.24) is 0 Å². The van der Waals surface area contributed by atoms with Crippen LogP contribution in [0.3, 0.4) is 0 Å². The molecule has 0 amide bonds. The summed E-state index contributed by atoms with van der Waals surface area (Å²) in [6.45, 7) is 0. The third kappa shape index (κ3) is 2.86. The molecule has 0 aliphatic carbocycles. The molecule has 3 heteroatoms. The molecule has 0 radical (unpaired) electrons. The maximum absolute atomic E-state index is 12.9. The van der Waals surface area contributed by atoms with Crippen molar-refractivity contribution >= 4 is 6.29 Å². The van der Waals surface area contributed by atoms with Crippen LogP contribution in [0.2, 0.25) is 0 Å². The lowest BCUT2D eigenvalue weighted by Crippen LogP contribution is -1.91. The molecule has 0 heterocycles. The van der Waals surface area contributed by atoms with Crippen LogP contribution in [-0.4, -0.2) is 13.4 Å². The minimum atomic E-state index is -0.333. The number of hydrogen-bond donors (Lipinski definition) is 0. The van der Waals surface area contributed by atoms with Crippen LogP contribution in [0.15, 0.2) is 18.2 Å². The quantitative estimate of drug-likeness (QED) is 0.665. The second-order valence-electron chi connectivity index (χ2n) is 2.70. The first-order valence-electron chi connectivity index (χ1n) is 4.03. The first-order valence-corrected chi connectivity index (χ1v) is 4.03. The Morgan fingerprint density at radius 2 is 2.23 bits per heavy atom. The van der Waals surface area contributed by atoms with Crippen molar-refractivity contribution in [3.8, 4) is 5.75 Å². The van der Waals surface area contributed by atoms with E-state index in [1.165, 1.54) is 19.2 Å². The van der Waals surface area contributed by atoms with Crippen LogP contribution >= 0.6 is 0 Å². The summed E-state index contributed by atoms with van der Waals surface area (Å²) in [6.07, 6.45) is 1.78. The molecule has 0 spiro atoms. The zero-order chi connectivity index (χ0) is 9.68. The highest BCUT2D eigenvalue weighted by atomic mass is 19.1.